The number of ketones is 1. The molecule has 1 heterocycles. The van der Waals surface area contributed by atoms with Crippen LogP contribution >= 0.6 is 12.4 Å². The van der Waals surface area contributed by atoms with Crippen LogP contribution in [0.15, 0.2) is 24.3 Å². The number of rotatable bonds is 7. The lowest BCUT2D eigenvalue weighted by atomic mass is 10.1. The van der Waals surface area contributed by atoms with Crippen LogP contribution in [-0.2, 0) is 0 Å². The number of likely N-dealkylation sites (N-methyl/N-ethyl adjacent to an activating group) is 1. The second-order valence-electron chi connectivity index (χ2n) is 5.65. The minimum Gasteiger partial charge on any atom is -0.494 e. The normalized spacial score (nSPS) is 16.1. The molecule has 0 bridgehead atoms. The second kappa shape index (κ2) is 9.82. The first-order chi connectivity index (χ1) is 10.2. The predicted octanol–water partition coefficient (Wildman–Crippen LogP) is 2.72. The van der Waals surface area contributed by atoms with Gasteiger partial charge in [-0.1, -0.05) is 6.92 Å². The Morgan fingerprint density at radius 3 is 2.36 bits per heavy atom. The van der Waals surface area contributed by atoms with E-state index in [1.165, 1.54) is 0 Å². The van der Waals surface area contributed by atoms with Crippen molar-refractivity contribution in [1.29, 1.82) is 0 Å². The molecule has 1 aliphatic rings. The number of carbonyl (C=O) groups excluding carboxylic acids is 1. The Hall–Kier alpha value is -1.10. The molecule has 22 heavy (non-hydrogen) atoms. The number of halogens is 1. The summed E-state index contributed by atoms with van der Waals surface area (Å²) in [5.41, 5.74) is 0.766. The molecule has 0 N–H and O–H groups in total. The maximum absolute atomic E-state index is 11.5. The smallest absolute Gasteiger partial charge is 0.162 e. The van der Waals surface area contributed by atoms with E-state index in [9.17, 15) is 4.79 Å². The molecule has 0 saturated carbocycles. The van der Waals surface area contributed by atoms with Crippen molar-refractivity contribution in [3.05, 3.63) is 29.8 Å². The van der Waals surface area contributed by atoms with Crippen LogP contribution in [0.1, 0.15) is 30.1 Å². The van der Waals surface area contributed by atoms with Crippen molar-refractivity contribution in [3.8, 4) is 5.75 Å². The summed E-state index contributed by atoms with van der Waals surface area (Å²) in [6, 6.07) is 7.47. The zero-order chi connectivity index (χ0) is 15.1. The van der Waals surface area contributed by atoms with Crippen LogP contribution in [-0.4, -0.2) is 62.0 Å². The van der Waals surface area contributed by atoms with E-state index in [2.05, 4.69) is 16.8 Å². The van der Waals surface area contributed by atoms with Crippen LogP contribution in [0.5, 0.6) is 5.75 Å². The Balaban J connectivity index is 0.00000242. The zero-order valence-corrected chi connectivity index (χ0v) is 14.4. The number of ether oxygens (including phenoxy) is 1. The molecule has 0 aliphatic carbocycles. The van der Waals surface area contributed by atoms with Crippen molar-refractivity contribution >= 4 is 18.2 Å². The highest BCUT2D eigenvalue weighted by atomic mass is 35.5. The van der Waals surface area contributed by atoms with Crippen LogP contribution in [0.25, 0.3) is 0 Å². The Bertz CT molecular complexity index is 442. The number of hydrogen-bond donors (Lipinski definition) is 0. The number of nitrogens with zero attached hydrogens (tertiary/aromatic N) is 2. The monoisotopic (exact) mass is 326 g/mol. The lowest BCUT2D eigenvalue weighted by Crippen LogP contribution is -2.44. The van der Waals surface area contributed by atoms with Gasteiger partial charge in [0, 0.05) is 44.7 Å². The topological polar surface area (TPSA) is 32.8 Å². The minimum atomic E-state index is 0. The molecule has 1 aliphatic heterocycles. The van der Waals surface area contributed by atoms with Crippen LogP contribution in [0.2, 0.25) is 0 Å². The van der Waals surface area contributed by atoms with E-state index < -0.39 is 0 Å². The van der Waals surface area contributed by atoms with Gasteiger partial charge in [0.2, 0.25) is 0 Å². The number of hydrogen-bond acceptors (Lipinski definition) is 4. The van der Waals surface area contributed by atoms with E-state index in [4.69, 9.17) is 4.74 Å². The molecule has 2 rings (SSSR count). The van der Waals surface area contributed by atoms with Crippen LogP contribution in [0.4, 0.5) is 0 Å². The van der Waals surface area contributed by atoms with Gasteiger partial charge in [-0.05, 0) is 37.7 Å². The van der Waals surface area contributed by atoms with Gasteiger partial charge >= 0.3 is 0 Å². The molecule has 0 atom stereocenters. The van der Waals surface area contributed by atoms with E-state index in [0.29, 0.717) is 6.42 Å². The van der Waals surface area contributed by atoms with Gasteiger partial charge in [-0.15, -0.1) is 12.4 Å². The number of carbonyl (C=O) groups is 1. The van der Waals surface area contributed by atoms with Crippen molar-refractivity contribution in [2.45, 2.75) is 19.8 Å². The summed E-state index contributed by atoms with van der Waals surface area (Å²) < 4.78 is 5.74. The highest BCUT2D eigenvalue weighted by Crippen LogP contribution is 2.13. The quantitative estimate of drug-likeness (QED) is 0.570. The van der Waals surface area contributed by atoms with Crippen molar-refractivity contribution in [1.82, 2.24) is 9.80 Å². The second-order valence-corrected chi connectivity index (χ2v) is 5.65. The molecule has 0 radical (unpaired) electrons. The van der Waals surface area contributed by atoms with Crippen molar-refractivity contribution in [2.75, 3.05) is 46.4 Å². The summed E-state index contributed by atoms with van der Waals surface area (Å²) in [6.45, 7) is 8.34. The molecule has 1 saturated heterocycles. The highest BCUT2D eigenvalue weighted by molar-refractivity contribution is 5.95. The van der Waals surface area contributed by atoms with Gasteiger partial charge in [0.15, 0.2) is 5.78 Å². The predicted molar refractivity (Wildman–Crippen MR) is 92.4 cm³/mol. The molecule has 0 amide bonds. The third-order valence-corrected chi connectivity index (χ3v) is 3.98. The minimum absolute atomic E-state index is 0. The number of piperazine rings is 1. The average molecular weight is 327 g/mol. The maximum Gasteiger partial charge on any atom is 0.162 e. The molecule has 124 valence electrons. The third-order valence-electron chi connectivity index (χ3n) is 3.98. The van der Waals surface area contributed by atoms with Gasteiger partial charge in [-0.25, -0.2) is 0 Å². The molecule has 5 heteroatoms. The van der Waals surface area contributed by atoms with Crippen molar-refractivity contribution in [2.24, 2.45) is 0 Å². The van der Waals surface area contributed by atoms with Gasteiger partial charge in [0.05, 0.1) is 6.61 Å². The van der Waals surface area contributed by atoms with Crippen molar-refractivity contribution < 1.29 is 9.53 Å². The van der Waals surface area contributed by atoms with Crippen molar-refractivity contribution in [3.63, 3.8) is 0 Å². The van der Waals surface area contributed by atoms with Gasteiger partial charge in [-0.2, -0.15) is 0 Å². The van der Waals surface area contributed by atoms with Crippen LogP contribution < -0.4 is 4.74 Å². The SMILES string of the molecule is CCC(=O)c1ccc(OCCCN2CCN(C)CC2)cc1.Cl. The first-order valence-corrected chi connectivity index (χ1v) is 7.86. The molecule has 0 unspecified atom stereocenters. The summed E-state index contributed by atoms with van der Waals surface area (Å²) in [7, 11) is 2.17. The summed E-state index contributed by atoms with van der Waals surface area (Å²) in [4.78, 5) is 16.4. The summed E-state index contributed by atoms with van der Waals surface area (Å²) in [6.07, 6.45) is 1.59. The third kappa shape index (κ3) is 5.95. The van der Waals surface area contributed by atoms with Crippen LogP contribution in [0.3, 0.4) is 0 Å². The fourth-order valence-electron chi connectivity index (χ4n) is 2.49. The lowest BCUT2D eigenvalue weighted by molar-refractivity contribution is 0.0988. The Kier molecular flexibility index (Phi) is 8.46. The maximum atomic E-state index is 11.5. The molecule has 0 aromatic heterocycles. The molecular weight excluding hydrogens is 300 g/mol. The standard InChI is InChI=1S/C17H26N2O2.ClH/c1-3-17(20)15-5-7-16(8-6-15)21-14-4-9-19-12-10-18(2)11-13-19;/h5-8H,3-4,9-14H2,1-2H3;1H. The Morgan fingerprint density at radius 1 is 1.14 bits per heavy atom. The summed E-state index contributed by atoms with van der Waals surface area (Å²) in [5, 5.41) is 0. The Morgan fingerprint density at radius 2 is 1.77 bits per heavy atom. The Labute approximate surface area is 139 Å². The van der Waals surface area contributed by atoms with E-state index in [0.717, 1.165) is 57.1 Å². The largest absolute Gasteiger partial charge is 0.494 e. The average Bonchev–Trinajstić information content (AvgIpc) is 2.53. The zero-order valence-electron chi connectivity index (χ0n) is 13.6. The van der Waals surface area contributed by atoms with Gasteiger partial charge in [-0.3, -0.25) is 4.79 Å². The first-order valence-electron chi connectivity index (χ1n) is 7.86. The first kappa shape index (κ1) is 18.9. The van der Waals surface area contributed by atoms with Crippen LogP contribution in [0, 0.1) is 0 Å². The number of Topliss-reactive ketones (excluding diaryl/α,β-unsaturated/α-hetero) is 1. The fraction of sp³-hybridized carbons (Fsp3) is 0.588. The van der Waals surface area contributed by atoms with Gasteiger partial charge in [0.1, 0.15) is 5.75 Å². The summed E-state index contributed by atoms with van der Waals surface area (Å²) in [5.74, 6) is 1.03. The summed E-state index contributed by atoms with van der Waals surface area (Å²) >= 11 is 0. The van der Waals surface area contributed by atoms with E-state index in [1.54, 1.807) is 0 Å². The molecule has 1 aromatic rings. The molecule has 0 spiro atoms. The van der Waals surface area contributed by atoms with E-state index in [1.807, 2.05) is 31.2 Å². The van der Waals surface area contributed by atoms with Gasteiger partial charge < -0.3 is 14.5 Å². The van der Waals surface area contributed by atoms with E-state index >= 15 is 0 Å². The highest BCUT2D eigenvalue weighted by Gasteiger charge is 2.12. The molecule has 4 nitrogen and oxygen atoms in total. The van der Waals surface area contributed by atoms with E-state index in [-0.39, 0.29) is 18.2 Å². The molecular formula is C17H27ClN2O2. The molecule has 1 aromatic carbocycles. The number of benzene rings is 1. The lowest BCUT2D eigenvalue weighted by Gasteiger charge is -2.32. The fourth-order valence-corrected chi connectivity index (χ4v) is 2.49. The molecule has 1 fully saturated rings. The van der Waals surface area contributed by atoms with Gasteiger partial charge in [0.25, 0.3) is 0 Å².